The third kappa shape index (κ3) is 3.97. The van der Waals surface area contributed by atoms with Gasteiger partial charge in [-0.05, 0) is 63.6 Å². The van der Waals surface area contributed by atoms with Gasteiger partial charge in [0, 0.05) is 17.5 Å². The minimum atomic E-state index is -0.861. The van der Waals surface area contributed by atoms with Gasteiger partial charge in [-0.15, -0.1) is 0 Å². The van der Waals surface area contributed by atoms with Gasteiger partial charge in [-0.3, -0.25) is 14.4 Å². The number of benzene rings is 1. The number of ether oxygens (including phenoxy) is 1. The number of nitrogens with one attached hydrogen (secondary N) is 1. The molecule has 0 radical (unpaired) electrons. The highest BCUT2D eigenvalue weighted by molar-refractivity contribution is 5.96. The molecular weight excluding hydrogens is 330 g/mol. The van der Waals surface area contributed by atoms with Crippen molar-refractivity contribution in [1.82, 2.24) is 0 Å². The molecule has 0 spiro atoms. The van der Waals surface area contributed by atoms with Gasteiger partial charge in [-0.1, -0.05) is 18.6 Å². The minimum absolute atomic E-state index is 0.000809. The summed E-state index contributed by atoms with van der Waals surface area (Å²) >= 11 is 0. The molecule has 140 valence electrons. The van der Waals surface area contributed by atoms with E-state index in [2.05, 4.69) is 5.32 Å². The Labute approximate surface area is 154 Å². The quantitative estimate of drug-likeness (QED) is 0.836. The van der Waals surface area contributed by atoms with E-state index in [1.807, 2.05) is 32.0 Å². The molecule has 1 aromatic carbocycles. The Balaban J connectivity index is 1.58. The van der Waals surface area contributed by atoms with Crippen molar-refractivity contribution in [3.8, 4) is 0 Å². The Morgan fingerprint density at radius 1 is 1.15 bits per heavy atom. The number of amides is 1. The highest BCUT2D eigenvalue weighted by Crippen LogP contribution is 2.40. The van der Waals surface area contributed by atoms with E-state index in [-0.39, 0.29) is 29.6 Å². The number of esters is 1. The normalized spacial score (nSPS) is 26.1. The zero-order chi connectivity index (χ0) is 18.8. The molecule has 0 saturated heterocycles. The Bertz CT molecular complexity index is 711. The van der Waals surface area contributed by atoms with Gasteiger partial charge in [0.1, 0.15) is 5.78 Å². The molecule has 2 aliphatic carbocycles. The molecule has 1 N–H and O–H groups in total. The van der Waals surface area contributed by atoms with Crippen molar-refractivity contribution in [3.05, 3.63) is 29.3 Å². The number of hydrogen-bond donors (Lipinski definition) is 1. The summed E-state index contributed by atoms with van der Waals surface area (Å²) in [4.78, 5) is 37.1. The van der Waals surface area contributed by atoms with Crippen molar-refractivity contribution in [3.63, 3.8) is 0 Å². The second-order valence-electron chi connectivity index (χ2n) is 7.78. The van der Waals surface area contributed by atoms with Crippen LogP contribution in [0.3, 0.4) is 0 Å². The molecule has 0 heterocycles. The van der Waals surface area contributed by atoms with Crippen LogP contribution in [-0.4, -0.2) is 23.8 Å². The lowest BCUT2D eigenvalue weighted by Crippen LogP contribution is -2.41. The highest BCUT2D eigenvalue weighted by Gasteiger charge is 2.42. The fourth-order valence-corrected chi connectivity index (χ4v) is 4.10. The number of anilines is 1. The lowest BCUT2D eigenvalue weighted by atomic mass is 9.67. The molecule has 2 aliphatic rings. The fraction of sp³-hybridized carbons (Fsp3) is 0.571. The van der Waals surface area contributed by atoms with Gasteiger partial charge in [-0.25, -0.2) is 0 Å². The first-order valence-corrected chi connectivity index (χ1v) is 9.47. The van der Waals surface area contributed by atoms with Gasteiger partial charge >= 0.3 is 5.97 Å². The molecule has 1 aromatic rings. The molecule has 4 atom stereocenters. The molecule has 26 heavy (non-hydrogen) atoms. The topological polar surface area (TPSA) is 72.5 Å². The van der Waals surface area contributed by atoms with Crippen molar-refractivity contribution < 1.29 is 19.1 Å². The maximum Gasteiger partial charge on any atom is 0.309 e. The summed E-state index contributed by atoms with van der Waals surface area (Å²) < 4.78 is 5.43. The van der Waals surface area contributed by atoms with Crippen LogP contribution in [0.1, 0.15) is 50.2 Å². The molecule has 0 aromatic heterocycles. The highest BCUT2D eigenvalue weighted by atomic mass is 16.5. The van der Waals surface area contributed by atoms with Gasteiger partial charge in [-0.2, -0.15) is 0 Å². The Morgan fingerprint density at radius 2 is 1.81 bits per heavy atom. The Kier molecular flexibility index (Phi) is 5.44. The van der Waals surface area contributed by atoms with Gasteiger partial charge in [0.25, 0.3) is 5.91 Å². The van der Waals surface area contributed by atoms with Crippen molar-refractivity contribution >= 4 is 23.3 Å². The van der Waals surface area contributed by atoms with Crippen molar-refractivity contribution in [1.29, 1.82) is 0 Å². The summed E-state index contributed by atoms with van der Waals surface area (Å²) in [6, 6.07) is 5.82. The predicted octanol–water partition coefficient (Wildman–Crippen LogP) is 3.57. The summed E-state index contributed by atoms with van der Waals surface area (Å²) in [7, 11) is 0. The van der Waals surface area contributed by atoms with E-state index in [0.29, 0.717) is 18.6 Å². The van der Waals surface area contributed by atoms with E-state index < -0.39 is 6.10 Å². The van der Waals surface area contributed by atoms with Crippen molar-refractivity contribution in [2.75, 3.05) is 5.32 Å². The fourth-order valence-electron chi connectivity index (χ4n) is 4.10. The third-order valence-corrected chi connectivity index (χ3v) is 5.69. The van der Waals surface area contributed by atoms with Gasteiger partial charge in [0.15, 0.2) is 6.10 Å². The van der Waals surface area contributed by atoms with Crippen molar-refractivity contribution in [2.24, 2.45) is 17.8 Å². The number of rotatable bonds is 4. The number of ketones is 1. The molecule has 0 aliphatic heterocycles. The van der Waals surface area contributed by atoms with Crippen LogP contribution in [0.4, 0.5) is 5.69 Å². The zero-order valence-corrected chi connectivity index (χ0v) is 15.7. The molecule has 1 unspecified atom stereocenters. The first kappa shape index (κ1) is 18.6. The number of Topliss-reactive ketones (excluding diaryl/α,β-unsaturated/α-hetero) is 1. The average Bonchev–Trinajstić information content (AvgIpc) is 2.57. The lowest BCUT2D eigenvalue weighted by molar-refractivity contribution is -0.161. The van der Waals surface area contributed by atoms with Crippen LogP contribution < -0.4 is 5.32 Å². The minimum Gasteiger partial charge on any atom is -0.452 e. The van der Waals surface area contributed by atoms with Crippen LogP contribution in [0.2, 0.25) is 0 Å². The second-order valence-corrected chi connectivity index (χ2v) is 7.78. The smallest absolute Gasteiger partial charge is 0.309 e. The molecule has 2 fully saturated rings. The Morgan fingerprint density at radius 3 is 2.46 bits per heavy atom. The molecule has 3 rings (SSSR count). The first-order chi connectivity index (χ1) is 12.3. The molecule has 5 nitrogen and oxygen atoms in total. The number of aryl methyl sites for hydroxylation is 2. The summed E-state index contributed by atoms with van der Waals surface area (Å²) in [5.41, 5.74) is 2.74. The van der Waals surface area contributed by atoms with Gasteiger partial charge in [0.05, 0.1) is 5.92 Å². The standard InChI is InChI=1S/C21H27NO4/c1-12-7-8-13(2)18(9-12)22-20(24)14(3)26-21(25)17-10-15-5-4-6-16(11-17)19(15)23/h7-9,14-17H,4-6,10-11H2,1-3H3,(H,22,24)/t14-,15-,16+,17?/m0/s1. The molecule has 2 bridgehead atoms. The van der Waals surface area contributed by atoms with E-state index in [9.17, 15) is 14.4 Å². The maximum atomic E-state index is 12.5. The van der Waals surface area contributed by atoms with Crippen LogP contribution in [-0.2, 0) is 19.1 Å². The molecule has 2 saturated carbocycles. The lowest BCUT2D eigenvalue weighted by Gasteiger charge is -2.36. The van der Waals surface area contributed by atoms with Crippen LogP contribution >= 0.6 is 0 Å². The van der Waals surface area contributed by atoms with E-state index in [0.717, 1.165) is 36.1 Å². The van der Waals surface area contributed by atoms with Crippen LogP contribution in [0.5, 0.6) is 0 Å². The largest absolute Gasteiger partial charge is 0.452 e. The summed E-state index contributed by atoms with van der Waals surface area (Å²) in [6.07, 6.45) is 3.10. The predicted molar refractivity (Wildman–Crippen MR) is 98.7 cm³/mol. The number of fused-ring (bicyclic) bond motifs is 2. The average molecular weight is 357 g/mol. The van der Waals surface area contributed by atoms with Crippen LogP contribution in [0.25, 0.3) is 0 Å². The van der Waals surface area contributed by atoms with Crippen molar-refractivity contribution in [2.45, 2.75) is 59.0 Å². The third-order valence-electron chi connectivity index (χ3n) is 5.69. The first-order valence-electron chi connectivity index (χ1n) is 9.47. The van der Waals surface area contributed by atoms with Crippen LogP contribution in [0, 0.1) is 31.6 Å². The van der Waals surface area contributed by atoms with E-state index in [1.54, 1.807) is 6.92 Å². The maximum absolute atomic E-state index is 12.5. The molecule has 5 heteroatoms. The molecular formula is C21H27NO4. The number of carbonyl (C=O) groups excluding carboxylic acids is 3. The van der Waals surface area contributed by atoms with E-state index in [4.69, 9.17) is 4.74 Å². The zero-order valence-electron chi connectivity index (χ0n) is 15.7. The summed E-state index contributed by atoms with van der Waals surface area (Å²) in [5, 5.41) is 2.84. The number of carbonyl (C=O) groups is 3. The SMILES string of the molecule is Cc1ccc(C)c(NC(=O)[C@H](C)OC(=O)C2C[C@H]3CCC[C@@H](C2)C3=O)c1. The van der Waals surface area contributed by atoms with E-state index >= 15 is 0 Å². The van der Waals surface area contributed by atoms with Crippen LogP contribution in [0.15, 0.2) is 18.2 Å². The monoisotopic (exact) mass is 357 g/mol. The summed E-state index contributed by atoms with van der Waals surface area (Å²) in [5.74, 6) is -0.629. The number of hydrogen-bond acceptors (Lipinski definition) is 4. The van der Waals surface area contributed by atoms with Gasteiger partial charge < -0.3 is 10.1 Å². The van der Waals surface area contributed by atoms with Gasteiger partial charge in [0.2, 0.25) is 0 Å². The molecule has 1 amide bonds. The summed E-state index contributed by atoms with van der Waals surface area (Å²) in [6.45, 7) is 5.47. The van der Waals surface area contributed by atoms with E-state index in [1.165, 1.54) is 0 Å². The Hall–Kier alpha value is -2.17. The second kappa shape index (κ2) is 7.60.